The molecule has 2 rings (SSSR count). The highest BCUT2D eigenvalue weighted by atomic mass is 19.1. The molecule has 8 nitrogen and oxygen atoms in total. The SMILES string of the molecule is O=c1[nH]c2cc(F)nc([N+](=O)[O-])c2[nH]c1=O. The van der Waals surface area contributed by atoms with Gasteiger partial charge in [-0.3, -0.25) is 9.59 Å². The number of aromatic amines is 2. The molecule has 0 radical (unpaired) electrons. The van der Waals surface area contributed by atoms with Crippen molar-refractivity contribution in [3.05, 3.63) is 42.8 Å². The van der Waals surface area contributed by atoms with E-state index in [-0.39, 0.29) is 11.0 Å². The number of aromatic nitrogens is 3. The van der Waals surface area contributed by atoms with Crippen molar-refractivity contribution in [1.82, 2.24) is 15.0 Å². The van der Waals surface area contributed by atoms with Crippen molar-refractivity contribution in [2.24, 2.45) is 0 Å². The lowest BCUT2D eigenvalue weighted by Crippen LogP contribution is -2.29. The lowest BCUT2D eigenvalue weighted by atomic mass is 10.3. The molecule has 0 atom stereocenters. The fourth-order valence-corrected chi connectivity index (χ4v) is 1.20. The summed E-state index contributed by atoms with van der Waals surface area (Å²) in [4.78, 5) is 38.4. The van der Waals surface area contributed by atoms with Gasteiger partial charge in [-0.25, -0.2) is 0 Å². The Morgan fingerprint density at radius 3 is 2.56 bits per heavy atom. The number of nitrogens with zero attached hydrogens (tertiary/aromatic N) is 2. The monoisotopic (exact) mass is 226 g/mol. The van der Waals surface area contributed by atoms with Crippen molar-refractivity contribution in [2.45, 2.75) is 0 Å². The normalized spacial score (nSPS) is 10.6. The molecule has 9 heteroatoms. The summed E-state index contributed by atoms with van der Waals surface area (Å²) in [7, 11) is 0. The van der Waals surface area contributed by atoms with E-state index >= 15 is 0 Å². The fourth-order valence-electron chi connectivity index (χ4n) is 1.20. The molecule has 0 aliphatic carbocycles. The Balaban J connectivity index is 3.02. The number of halogens is 1. The minimum Gasteiger partial charge on any atom is -0.358 e. The van der Waals surface area contributed by atoms with Crippen molar-refractivity contribution in [3.63, 3.8) is 0 Å². The molecular weight excluding hydrogens is 223 g/mol. The van der Waals surface area contributed by atoms with E-state index in [4.69, 9.17) is 0 Å². The van der Waals surface area contributed by atoms with Crippen LogP contribution in [0.5, 0.6) is 0 Å². The van der Waals surface area contributed by atoms with Crippen LogP contribution in [0.1, 0.15) is 0 Å². The molecule has 82 valence electrons. The first kappa shape index (κ1) is 9.96. The third kappa shape index (κ3) is 1.43. The van der Waals surface area contributed by atoms with E-state index < -0.39 is 27.8 Å². The topological polar surface area (TPSA) is 122 Å². The Bertz CT molecular complexity index is 704. The largest absolute Gasteiger partial charge is 0.392 e. The Kier molecular flexibility index (Phi) is 2.01. The minimum absolute atomic E-state index is 0.191. The Labute approximate surface area is 84.9 Å². The molecule has 0 saturated heterocycles. The fraction of sp³-hybridized carbons (Fsp3) is 0. The molecule has 0 aromatic carbocycles. The molecule has 2 aromatic heterocycles. The van der Waals surface area contributed by atoms with Crippen LogP contribution < -0.4 is 11.1 Å². The summed E-state index contributed by atoms with van der Waals surface area (Å²) in [6.07, 6.45) is 0. The molecule has 0 aliphatic heterocycles. The molecule has 2 N–H and O–H groups in total. The summed E-state index contributed by atoms with van der Waals surface area (Å²) in [5, 5.41) is 10.5. The molecule has 0 aliphatic rings. The molecule has 2 heterocycles. The summed E-state index contributed by atoms with van der Waals surface area (Å²) in [5.74, 6) is -1.98. The quantitative estimate of drug-likeness (QED) is 0.298. The standard InChI is InChI=1S/C7H3FN4O4/c8-3-1-2-4(5(10-3)12(15)16)11-7(14)6(13)9-2/h1H,(H,9,13)(H,11,14). The third-order valence-corrected chi connectivity index (χ3v) is 1.83. The number of nitrogens with one attached hydrogen (secondary N) is 2. The van der Waals surface area contributed by atoms with Gasteiger partial charge in [0.15, 0.2) is 5.52 Å². The predicted octanol–water partition coefficient (Wildman–Crippen LogP) is -0.341. The highest BCUT2D eigenvalue weighted by Crippen LogP contribution is 2.17. The second-order valence-electron chi connectivity index (χ2n) is 2.86. The van der Waals surface area contributed by atoms with E-state index in [0.717, 1.165) is 6.07 Å². The van der Waals surface area contributed by atoms with Crippen LogP contribution in [0, 0.1) is 16.1 Å². The van der Waals surface area contributed by atoms with Crippen molar-refractivity contribution < 1.29 is 9.31 Å². The summed E-state index contributed by atoms with van der Waals surface area (Å²) < 4.78 is 12.9. The van der Waals surface area contributed by atoms with E-state index in [0.29, 0.717) is 0 Å². The highest BCUT2D eigenvalue weighted by Gasteiger charge is 2.19. The molecule has 0 saturated carbocycles. The van der Waals surface area contributed by atoms with Gasteiger partial charge < -0.3 is 20.1 Å². The summed E-state index contributed by atoms with van der Waals surface area (Å²) >= 11 is 0. The maximum Gasteiger partial charge on any atom is 0.392 e. The van der Waals surface area contributed by atoms with Gasteiger partial charge in [0.2, 0.25) is 0 Å². The molecular formula is C7H3FN4O4. The number of fused-ring (bicyclic) bond motifs is 1. The van der Waals surface area contributed by atoms with Crippen LogP contribution in [0.2, 0.25) is 0 Å². The number of rotatable bonds is 1. The first-order valence-corrected chi connectivity index (χ1v) is 3.96. The smallest absolute Gasteiger partial charge is 0.358 e. The van der Waals surface area contributed by atoms with Gasteiger partial charge in [0.05, 0.1) is 5.52 Å². The van der Waals surface area contributed by atoms with Crippen molar-refractivity contribution in [3.8, 4) is 0 Å². The molecule has 0 bridgehead atoms. The van der Waals surface area contributed by atoms with Crippen LogP contribution in [-0.4, -0.2) is 19.9 Å². The van der Waals surface area contributed by atoms with E-state index in [1.807, 2.05) is 9.97 Å². The van der Waals surface area contributed by atoms with E-state index in [1.165, 1.54) is 0 Å². The number of hydrogen-bond donors (Lipinski definition) is 2. The lowest BCUT2D eigenvalue weighted by molar-refractivity contribution is -0.388. The molecule has 0 amide bonds. The first-order valence-electron chi connectivity index (χ1n) is 3.96. The van der Waals surface area contributed by atoms with Gasteiger partial charge in [-0.15, -0.1) is 0 Å². The van der Waals surface area contributed by atoms with Gasteiger partial charge in [-0.05, 0) is 9.91 Å². The Hall–Kier alpha value is -2.58. The van der Waals surface area contributed by atoms with E-state index in [9.17, 15) is 24.1 Å². The van der Waals surface area contributed by atoms with Gasteiger partial charge >= 0.3 is 22.9 Å². The second kappa shape index (κ2) is 3.22. The predicted molar refractivity (Wildman–Crippen MR) is 49.6 cm³/mol. The zero-order valence-corrected chi connectivity index (χ0v) is 7.48. The molecule has 16 heavy (non-hydrogen) atoms. The van der Waals surface area contributed by atoms with Crippen LogP contribution in [-0.2, 0) is 0 Å². The van der Waals surface area contributed by atoms with Gasteiger partial charge in [-0.1, -0.05) is 0 Å². The number of nitro groups is 1. The Morgan fingerprint density at radius 2 is 1.94 bits per heavy atom. The van der Waals surface area contributed by atoms with Crippen LogP contribution in [0.4, 0.5) is 10.2 Å². The number of H-pyrrole nitrogens is 2. The molecule has 0 unspecified atom stereocenters. The second-order valence-corrected chi connectivity index (χ2v) is 2.86. The summed E-state index contributed by atoms with van der Waals surface area (Å²) in [5.41, 5.74) is -2.60. The van der Waals surface area contributed by atoms with Crippen LogP contribution >= 0.6 is 0 Å². The van der Waals surface area contributed by atoms with Crippen molar-refractivity contribution in [1.29, 1.82) is 0 Å². The average molecular weight is 226 g/mol. The number of pyridine rings is 1. The first-order chi connectivity index (χ1) is 7.49. The van der Waals surface area contributed by atoms with Gasteiger partial charge in [0, 0.05) is 6.07 Å². The van der Waals surface area contributed by atoms with Crippen LogP contribution in [0.3, 0.4) is 0 Å². The maximum atomic E-state index is 12.9. The van der Waals surface area contributed by atoms with Gasteiger partial charge in [0.1, 0.15) is 0 Å². The Morgan fingerprint density at radius 1 is 1.31 bits per heavy atom. The molecule has 2 aromatic rings. The van der Waals surface area contributed by atoms with Crippen molar-refractivity contribution in [2.75, 3.05) is 0 Å². The summed E-state index contributed by atoms with van der Waals surface area (Å²) in [6.45, 7) is 0. The zero-order valence-electron chi connectivity index (χ0n) is 7.48. The van der Waals surface area contributed by atoms with E-state index in [2.05, 4.69) is 4.98 Å². The summed E-state index contributed by atoms with van der Waals surface area (Å²) in [6, 6.07) is 0.777. The third-order valence-electron chi connectivity index (χ3n) is 1.83. The highest BCUT2D eigenvalue weighted by molar-refractivity contribution is 5.80. The lowest BCUT2D eigenvalue weighted by Gasteiger charge is -1.97. The van der Waals surface area contributed by atoms with Gasteiger partial charge in [0.25, 0.3) is 0 Å². The molecule has 0 fully saturated rings. The van der Waals surface area contributed by atoms with Gasteiger partial charge in [-0.2, -0.15) is 4.39 Å². The maximum absolute atomic E-state index is 12.9. The minimum atomic E-state index is -1.12. The molecule has 0 spiro atoms. The van der Waals surface area contributed by atoms with Crippen LogP contribution in [0.25, 0.3) is 11.0 Å². The van der Waals surface area contributed by atoms with E-state index in [1.54, 1.807) is 0 Å². The van der Waals surface area contributed by atoms with Crippen LogP contribution in [0.15, 0.2) is 15.7 Å². The average Bonchev–Trinajstić information content (AvgIpc) is 2.19. The zero-order chi connectivity index (χ0) is 11.9. The number of hydrogen-bond acceptors (Lipinski definition) is 5. The van der Waals surface area contributed by atoms with Crippen molar-refractivity contribution >= 4 is 16.9 Å².